The number of unbranched alkanes of at least 4 members (excludes halogenated alkanes) is 25. The van der Waals surface area contributed by atoms with E-state index in [4.69, 9.17) is 9.47 Å². The Morgan fingerprint density at radius 2 is 1.02 bits per heavy atom. The standard InChI is InChI=1S/C47H85N3O7/c1-5-6-39-56-47-43(53)42(52)45(57-47)44(54)46(55)49-38-36-34-32-30-28-26-24-22-20-18-16-14-12-10-8-7-9-11-13-15-17-19-21-23-25-27-29-31-33-35-37-48-41(51)40-50(2,3)4/h42-45,47,52-54H,5-6,11-40H2,1-4H3,(H-,48,49,51,55)/p+1/t42-,43-,44+,45+,47-/m1/s1. The summed E-state index contributed by atoms with van der Waals surface area (Å²) < 4.78 is 11.6. The quantitative estimate of drug-likeness (QED) is 0.0249. The highest BCUT2D eigenvalue weighted by Gasteiger charge is 2.48. The maximum Gasteiger partial charge on any atom is 0.275 e. The molecule has 0 aliphatic carbocycles. The number of hydrogen-bond donors (Lipinski definition) is 5. The van der Waals surface area contributed by atoms with Crippen molar-refractivity contribution in [3.05, 3.63) is 0 Å². The zero-order valence-electron chi connectivity index (χ0n) is 36.9. The molecule has 0 saturated carbocycles. The summed E-state index contributed by atoms with van der Waals surface area (Å²) in [6.07, 6.45) is 26.9. The number of carbonyl (C=O) groups is 2. The summed E-state index contributed by atoms with van der Waals surface area (Å²) >= 11 is 0. The molecule has 1 saturated heterocycles. The maximum absolute atomic E-state index is 12.4. The van der Waals surface area contributed by atoms with Crippen LogP contribution in [0, 0.1) is 23.7 Å². The summed E-state index contributed by atoms with van der Waals surface area (Å²) in [7, 11) is 6.12. The van der Waals surface area contributed by atoms with E-state index in [2.05, 4.69) is 34.3 Å². The van der Waals surface area contributed by atoms with Crippen LogP contribution in [0.15, 0.2) is 0 Å². The molecule has 0 bridgehead atoms. The predicted octanol–water partition coefficient (Wildman–Crippen LogP) is 7.70. The molecule has 5 N–H and O–H groups in total. The van der Waals surface area contributed by atoms with Gasteiger partial charge in [0.1, 0.15) is 18.3 Å². The number of carbonyl (C=O) groups excluding carboxylic acids is 2. The van der Waals surface area contributed by atoms with E-state index in [0.29, 0.717) is 24.2 Å². The summed E-state index contributed by atoms with van der Waals surface area (Å²) in [5.74, 6) is 12.1. The second-order valence-electron chi connectivity index (χ2n) is 17.3. The monoisotopic (exact) mass is 805 g/mol. The lowest BCUT2D eigenvalue weighted by atomic mass is 10.0. The first-order valence-electron chi connectivity index (χ1n) is 23.2. The van der Waals surface area contributed by atoms with Gasteiger partial charge in [0, 0.05) is 32.5 Å². The average molecular weight is 805 g/mol. The second-order valence-corrected chi connectivity index (χ2v) is 17.3. The largest absolute Gasteiger partial charge is 0.387 e. The van der Waals surface area contributed by atoms with Gasteiger partial charge in [-0.15, -0.1) is 0 Å². The Hall–Kier alpha value is -2.18. The number of quaternary nitrogens is 1. The Morgan fingerprint density at radius 3 is 1.44 bits per heavy atom. The van der Waals surface area contributed by atoms with Crippen LogP contribution in [0.2, 0.25) is 0 Å². The summed E-state index contributed by atoms with van der Waals surface area (Å²) in [5, 5.41) is 36.4. The Bertz CT molecular complexity index is 1120. The van der Waals surface area contributed by atoms with Crippen molar-refractivity contribution in [3.8, 4) is 23.7 Å². The van der Waals surface area contributed by atoms with Crippen molar-refractivity contribution >= 4 is 11.8 Å². The van der Waals surface area contributed by atoms with Gasteiger partial charge in [-0.1, -0.05) is 154 Å². The van der Waals surface area contributed by atoms with E-state index in [1.807, 2.05) is 28.1 Å². The summed E-state index contributed by atoms with van der Waals surface area (Å²) in [5.41, 5.74) is 0. The molecule has 10 nitrogen and oxygen atoms in total. The third-order valence-corrected chi connectivity index (χ3v) is 10.6. The third kappa shape index (κ3) is 30.5. The molecular weight excluding hydrogens is 719 g/mol. The molecule has 0 unspecified atom stereocenters. The van der Waals surface area contributed by atoms with Crippen LogP contribution in [0.3, 0.4) is 0 Å². The van der Waals surface area contributed by atoms with Gasteiger partial charge in [-0.3, -0.25) is 9.59 Å². The van der Waals surface area contributed by atoms with E-state index in [1.165, 1.54) is 128 Å². The first-order valence-corrected chi connectivity index (χ1v) is 23.2. The average Bonchev–Trinajstić information content (AvgIpc) is 3.45. The Morgan fingerprint density at radius 1 is 0.614 bits per heavy atom. The highest BCUT2D eigenvalue weighted by molar-refractivity contribution is 5.81. The van der Waals surface area contributed by atoms with E-state index in [0.717, 1.165) is 57.9 Å². The molecule has 10 heteroatoms. The maximum atomic E-state index is 12.4. The van der Waals surface area contributed by atoms with Crippen molar-refractivity contribution in [1.82, 2.24) is 10.6 Å². The number of rotatable bonds is 36. The van der Waals surface area contributed by atoms with Gasteiger partial charge in [0.15, 0.2) is 18.9 Å². The first kappa shape index (κ1) is 52.8. The van der Waals surface area contributed by atoms with Crippen LogP contribution in [-0.2, 0) is 19.1 Å². The number of aliphatic hydroxyl groups is 3. The number of likely N-dealkylation sites (N-methyl/N-ethyl adjacent to an activating group) is 1. The Kier molecular flexibility index (Phi) is 33.1. The summed E-state index contributed by atoms with van der Waals surface area (Å²) in [4.78, 5) is 24.2. The lowest BCUT2D eigenvalue weighted by molar-refractivity contribution is -0.862. The molecule has 1 rings (SSSR count). The number of nitrogens with zero attached hydrogens (tertiary/aromatic N) is 1. The van der Waals surface area contributed by atoms with E-state index in [-0.39, 0.29) is 5.91 Å². The van der Waals surface area contributed by atoms with E-state index in [9.17, 15) is 24.9 Å². The van der Waals surface area contributed by atoms with E-state index in [1.54, 1.807) is 0 Å². The third-order valence-electron chi connectivity index (χ3n) is 10.6. The minimum absolute atomic E-state index is 0.158. The zero-order chi connectivity index (χ0) is 41.8. The molecule has 1 aliphatic heterocycles. The van der Waals surface area contributed by atoms with Gasteiger partial charge in [-0.05, 0) is 43.9 Å². The molecular formula is C47H86N3O7+. The molecule has 330 valence electrons. The number of nitrogens with one attached hydrogen (secondary N) is 2. The van der Waals surface area contributed by atoms with Crippen LogP contribution in [-0.4, -0.2) is 110 Å². The van der Waals surface area contributed by atoms with Crippen molar-refractivity contribution in [2.24, 2.45) is 0 Å². The van der Waals surface area contributed by atoms with Crippen molar-refractivity contribution in [1.29, 1.82) is 0 Å². The van der Waals surface area contributed by atoms with E-state index >= 15 is 0 Å². The fourth-order valence-electron chi connectivity index (χ4n) is 7.02. The molecule has 0 radical (unpaired) electrons. The first-order chi connectivity index (χ1) is 27.6. The Labute approximate surface area is 349 Å². The van der Waals surface area contributed by atoms with Gasteiger partial charge in [-0.25, -0.2) is 0 Å². The number of amides is 2. The van der Waals surface area contributed by atoms with E-state index < -0.39 is 36.6 Å². The predicted molar refractivity (Wildman–Crippen MR) is 232 cm³/mol. The Balaban J connectivity index is 1.81. The molecule has 1 heterocycles. The van der Waals surface area contributed by atoms with Crippen molar-refractivity contribution in [2.75, 3.05) is 47.4 Å². The lowest BCUT2D eigenvalue weighted by Crippen LogP contribution is -2.47. The number of ether oxygens (including phenoxy) is 2. The van der Waals surface area contributed by atoms with Gasteiger partial charge in [0.05, 0.1) is 21.1 Å². The number of hydrogen-bond acceptors (Lipinski definition) is 7. The SMILES string of the molecule is CCCCO[C@@H]1O[C@H]([C@H](O)C(=O)NCCCCCCCCCCCCCCC#CC#CCCCCCCCCCCCCCCNC(=O)C[N+](C)(C)C)[C@H](O)[C@H]1O. The molecule has 0 aromatic heterocycles. The van der Waals surface area contributed by atoms with Gasteiger partial charge >= 0.3 is 0 Å². The van der Waals surface area contributed by atoms with Crippen molar-refractivity contribution in [3.63, 3.8) is 0 Å². The molecule has 0 spiro atoms. The van der Waals surface area contributed by atoms with Gasteiger partial charge in [0.2, 0.25) is 0 Å². The van der Waals surface area contributed by atoms with Crippen LogP contribution in [0.4, 0.5) is 0 Å². The highest BCUT2D eigenvalue weighted by Crippen LogP contribution is 2.25. The fourth-order valence-corrected chi connectivity index (χ4v) is 7.02. The van der Waals surface area contributed by atoms with Crippen LogP contribution >= 0.6 is 0 Å². The minimum atomic E-state index is -1.56. The van der Waals surface area contributed by atoms with Crippen LogP contribution in [0.25, 0.3) is 0 Å². The molecule has 0 aromatic rings. The second kappa shape index (κ2) is 35.7. The fraction of sp³-hybridized carbons (Fsp3) is 0.872. The molecule has 0 aromatic carbocycles. The van der Waals surface area contributed by atoms with Crippen LogP contribution in [0.5, 0.6) is 0 Å². The summed E-state index contributed by atoms with van der Waals surface area (Å²) in [6.45, 7) is 4.21. The zero-order valence-corrected chi connectivity index (χ0v) is 36.9. The van der Waals surface area contributed by atoms with Crippen LogP contribution in [0.1, 0.15) is 187 Å². The van der Waals surface area contributed by atoms with Gasteiger partial charge in [-0.2, -0.15) is 0 Å². The van der Waals surface area contributed by atoms with Crippen molar-refractivity contribution in [2.45, 2.75) is 217 Å². The topological polar surface area (TPSA) is 137 Å². The smallest absolute Gasteiger partial charge is 0.275 e. The van der Waals surface area contributed by atoms with Crippen LogP contribution < -0.4 is 10.6 Å². The molecule has 1 aliphatic rings. The van der Waals surface area contributed by atoms with Gasteiger partial charge < -0.3 is 39.9 Å². The molecule has 1 fully saturated rings. The molecule has 5 atom stereocenters. The molecule has 57 heavy (non-hydrogen) atoms. The summed E-state index contributed by atoms with van der Waals surface area (Å²) in [6, 6.07) is 0. The number of aliphatic hydroxyl groups excluding tert-OH is 3. The minimum Gasteiger partial charge on any atom is -0.387 e. The lowest BCUT2D eigenvalue weighted by Gasteiger charge is -2.22. The molecule has 2 amide bonds. The van der Waals surface area contributed by atoms with Gasteiger partial charge in [0.25, 0.3) is 11.8 Å². The normalized spacial score (nSPS) is 18.4. The highest BCUT2D eigenvalue weighted by atomic mass is 16.7. The van der Waals surface area contributed by atoms with Crippen molar-refractivity contribution < 1.29 is 38.9 Å².